The fourth-order valence-corrected chi connectivity index (χ4v) is 1.48. The van der Waals surface area contributed by atoms with E-state index >= 15 is 0 Å². The first-order valence-electron chi connectivity index (χ1n) is 5.10. The summed E-state index contributed by atoms with van der Waals surface area (Å²) in [6.07, 6.45) is 7.84. The average molecular weight is 174 g/mol. The number of hydrogen-bond donors (Lipinski definition) is 0. The van der Waals surface area contributed by atoms with E-state index in [0.717, 1.165) is 19.3 Å². The van der Waals surface area contributed by atoms with Gasteiger partial charge >= 0.3 is 0 Å². The first kappa shape index (κ1) is 10.0. The van der Waals surface area contributed by atoms with Crippen molar-refractivity contribution in [1.82, 2.24) is 0 Å². The van der Waals surface area contributed by atoms with Crippen LogP contribution in [0.25, 0.3) is 0 Å². The predicted molar refractivity (Wildman–Crippen MR) is 59.0 cm³/mol. The van der Waals surface area contributed by atoms with Gasteiger partial charge in [-0.05, 0) is 30.4 Å². The second-order valence-corrected chi connectivity index (χ2v) is 3.21. The van der Waals surface area contributed by atoms with Gasteiger partial charge in [0, 0.05) is 0 Å². The topological polar surface area (TPSA) is 0 Å². The highest BCUT2D eigenvalue weighted by Crippen LogP contribution is 2.10. The summed E-state index contributed by atoms with van der Waals surface area (Å²) in [5, 5.41) is 0. The van der Waals surface area contributed by atoms with Crippen molar-refractivity contribution in [3.8, 4) is 0 Å². The van der Waals surface area contributed by atoms with E-state index in [0.29, 0.717) is 0 Å². The van der Waals surface area contributed by atoms with Crippen molar-refractivity contribution in [1.29, 1.82) is 0 Å². The number of aryl methyl sites for hydroxylation is 1. The molecule has 70 valence electrons. The van der Waals surface area contributed by atoms with Crippen molar-refractivity contribution in [3.05, 3.63) is 47.5 Å². The highest BCUT2D eigenvalue weighted by molar-refractivity contribution is 5.28. The second-order valence-electron chi connectivity index (χ2n) is 3.21. The van der Waals surface area contributed by atoms with Crippen LogP contribution in [0.5, 0.6) is 0 Å². The molecule has 0 aliphatic rings. The standard InChI is InChI=1S/C13H18/c1-3-5-6-10-13-11-8-7-9-12(13)4-2/h5-9,11H,3-4,10H2,1-2H3. The van der Waals surface area contributed by atoms with Crippen LogP contribution in [0.15, 0.2) is 36.4 Å². The van der Waals surface area contributed by atoms with Gasteiger partial charge in [-0.15, -0.1) is 0 Å². The van der Waals surface area contributed by atoms with E-state index in [1.54, 1.807) is 0 Å². The maximum absolute atomic E-state index is 2.26. The van der Waals surface area contributed by atoms with Gasteiger partial charge in [-0.25, -0.2) is 0 Å². The molecule has 0 aliphatic carbocycles. The smallest absolute Gasteiger partial charge is 0.00947 e. The summed E-state index contributed by atoms with van der Waals surface area (Å²) in [5.74, 6) is 0. The van der Waals surface area contributed by atoms with Crippen LogP contribution in [0.1, 0.15) is 31.4 Å². The minimum atomic E-state index is 1.08. The molecule has 0 heterocycles. The van der Waals surface area contributed by atoms with Gasteiger partial charge in [0.05, 0.1) is 0 Å². The van der Waals surface area contributed by atoms with Crippen molar-refractivity contribution < 1.29 is 0 Å². The summed E-state index contributed by atoms with van der Waals surface area (Å²) >= 11 is 0. The summed E-state index contributed by atoms with van der Waals surface area (Å²) < 4.78 is 0. The lowest BCUT2D eigenvalue weighted by Crippen LogP contribution is -1.89. The number of benzene rings is 1. The zero-order valence-corrected chi connectivity index (χ0v) is 8.59. The Labute approximate surface area is 81.3 Å². The van der Waals surface area contributed by atoms with Gasteiger partial charge in [0.25, 0.3) is 0 Å². The molecule has 0 bridgehead atoms. The van der Waals surface area contributed by atoms with Crippen LogP contribution >= 0.6 is 0 Å². The van der Waals surface area contributed by atoms with E-state index < -0.39 is 0 Å². The van der Waals surface area contributed by atoms with Crippen molar-refractivity contribution in [2.75, 3.05) is 0 Å². The third kappa shape index (κ3) is 3.06. The molecule has 13 heavy (non-hydrogen) atoms. The third-order valence-electron chi connectivity index (χ3n) is 2.24. The first-order valence-corrected chi connectivity index (χ1v) is 5.10. The molecule has 1 aromatic carbocycles. The molecule has 0 saturated carbocycles. The summed E-state index contributed by atoms with van der Waals surface area (Å²) in [4.78, 5) is 0. The lowest BCUT2D eigenvalue weighted by Gasteiger charge is -2.03. The Balaban J connectivity index is 2.69. The molecule has 0 amide bonds. The fourth-order valence-electron chi connectivity index (χ4n) is 1.48. The van der Waals surface area contributed by atoms with Crippen LogP contribution in [0, 0.1) is 0 Å². The van der Waals surface area contributed by atoms with Gasteiger partial charge in [-0.2, -0.15) is 0 Å². The molecule has 0 aromatic heterocycles. The van der Waals surface area contributed by atoms with E-state index in [1.807, 2.05) is 0 Å². The number of hydrogen-bond acceptors (Lipinski definition) is 0. The molecule has 0 unspecified atom stereocenters. The zero-order chi connectivity index (χ0) is 9.52. The highest BCUT2D eigenvalue weighted by Gasteiger charge is 1.95. The average Bonchev–Trinajstić information content (AvgIpc) is 2.19. The Morgan fingerprint density at radius 3 is 2.31 bits per heavy atom. The summed E-state index contributed by atoms with van der Waals surface area (Å²) in [5.41, 5.74) is 2.94. The molecule has 0 spiro atoms. The maximum Gasteiger partial charge on any atom is -0.00947 e. The van der Waals surface area contributed by atoms with Crippen LogP contribution in [0.2, 0.25) is 0 Å². The summed E-state index contributed by atoms with van der Waals surface area (Å²) in [6.45, 7) is 4.38. The van der Waals surface area contributed by atoms with Gasteiger partial charge in [-0.3, -0.25) is 0 Å². The molecule has 0 radical (unpaired) electrons. The molecule has 0 fully saturated rings. The van der Waals surface area contributed by atoms with Crippen molar-refractivity contribution in [2.45, 2.75) is 33.1 Å². The molecule has 1 rings (SSSR count). The van der Waals surface area contributed by atoms with Crippen LogP contribution in [0.3, 0.4) is 0 Å². The van der Waals surface area contributed by atoms with E-state index in [9.17, 15) is 0 Å². The molecule has 0 aliphatic heterocycles. The Kier molecular flexibility index (Phi) is 4.31. The van der Waals surface area contributed by atoms with Crippen LogP contribution < -0.4 is 0 Å². The Bertz CT molecular complexity index is 271. The molecule has 0 saturated heterocycles. The molecule has 0 atom stereocenters. The van der Waals surface area contributed by atoms with E-state index in [1.165, 1.54) is 11.1 Å². The monoisotopic (exact) mass is 174 g/mol. The van der Waals surface area contributed by atoms with Crippen LogP contribution in [0.4, 0.5) is 0 Å². The molecular formula is C13H18. The molecule has 0 N–H and O–H groups in total. The Hall–Kier alpha value is -1.04. The van der Waals surface area contributed by atoms with Gasteiger partial charge in [0.2, 0.25) is 0 Å². The van der Waals surface area contributed by atoms with Crippen molar-refractivity contribution >= 4 is 0 Å². The van der Waals surface area contributed by atoms with Crippen molar-refractivity contribution in [3.63, 3.8) is 0 Å². The molecule has 0 heteroatoms. The maximum atomic E-state index is 2.26. The lowest BCUT2D eigenvalue weighted by molar-refractivity contribution is 1.07. The molecule has 1 aromatic rings. The minimum absolute atomic E-state index is 1.08. The van der Waals surface area contributed by atoms with E-state index in [4.69, 9.17) is 0 Å². The molecular weight excluding hydrogens is 156 g/mol. The van der Waals surface area contributed by atoms with Crippen molar-refractivity contribution in [2.24, 2.45) is 0 Å². The lowest BCUT2D eigenvalue weighted by atomic mass is 10.0. The number of rotatable bonds is 4. The minimum Gasteiger partial charge on any atom is -0.0885 e. The van der Waals surface area contributed by atoms with Gasteiger partial charge in [-0.1, -0.05) is 50.3 Å². The van der Waals surface area contributed by atoms with Crippen LogP contribution in [-0.4, -0.2) is 0 Å². The Morgan fingerprint density at radius 2 is 1.69 bits per heavy atom. The Morgan fingerprint density at radius 1 is 1.00 bits per heavy atom. The third-order valence-corrected chi connectivity index (χ3v) is 2.24. The second kappa shape index (κ2) is 5.58. The number of allylic oxidation sites excluding steroid dienone is 2. The summed E-state index contributed by atoms with van der Waals surface area (Å²) in [7, 11) is 0. The predicted octanol–water partition coefficient (Wildman–Crippen LogP) is 3.76. The fraction of sp³-hybridized carbons (Fsp3) is 0.385. The quantitative estimate of drug-likeness (QED) is 0.610. The normalized spacial score (nSPS) is 10.9. The zero-order valence-electron chi connectivity index (χ0n) is 8.59. The SMILES string of the molecule is CCC=CCc1ccccc1CC. The highest BCUT2D eigenvalue weighted by atomic mass is 14.0. The van der Waals surface area contributed by atoms with E-state index in [-0.39, 0.29) is 0 Å². The van der Waals surface area contributed by atoms with Gasteiger partial charge < -0.3 is 0 Å². The van der Waals surface area contributed by atoms with Gasteiger partial charge in [0.1, 0.15) is 0 Å². The van der Waals surface area contributed by atoms with Gasteiger partial charge in [0.15, 0.2) is 0 Å². The van der Waals surface area contributed by atoms with E-state index in [2.05, 4.69) is 50.3 Å². The first-order chi connectivity index (χ1) is 6.38. The largest absolute Gasteiger partial charge is 0.0885 e. The van der Waals surface area contributed by atoms with Crippen LogP contribution in [-0.2, 0) is 12.8 Å². The molecule has 0 nitrogen and oxygen atoms in total. The summed E-state index contributed by atoms with van der Waals surface area (Å²) in [6, 6.07) is 8.67.